The molecule has 0 aromatic carbocycles. The lowest BCUT2D eigenvalue weighted by molar-refractivity contribution is -0.158. The molecule has 1 amide bonds. The van der Waals surface area contributed by atoms with Crippen LogP contribution in [-0.2, 0) is 14.3 Å². The summed E-state index contributed by atoms with van der Waals surface area (Å²) in [6, 6.07) is 0.392. The Hall–Kier alpha value is -1.14. The highest BCUT2D eigenvalue weighted by Crippen LogP contribution is 2.23. The second kappa shape index (κ2) is 14.2. The van der Waals surface area contributed by atoms with Gasteiger partial charge in [0.2, 0.25) is 5.91 Å². The number of ether oxygens (including phenoxy) is 1. The van der Waals surface area contributed by atoms with E-state index in [-0.39, 0.29) is 24.2 Å². The minimum absolute atomic E-state index is 0.127. The molecule has 0 saturated carbocycles. The van der Waals surface area contributed by atoms with Crippen molar-refractivity contribution in [1.82, 2.24) is 9.80 Å². The number of hydrogen-bond donors (Lipinski definition) is 1. The number of carbonyl (C=O) groups excluding carboxylic acids is 2. The van der Waals surface area contributed by atoms with Gasteiger partial charge in [0, 0.05) is 31.6 Å². The molecule has 32 heavy (non-hydrogen) atoms. The monoisotopic (exact) mass is 453 g/mol. The normalized spacial score (nSPS) is 19.1. The van der Waals surface area contributed by atoms with E-state index in [1.165, 1.54) is 25.9 Å². The van der Waals surface area contributed by atoms with Crippen LogP contribution in [0.4, 0.5) is 0 Å². The Morgan fingerprint density at radius 3 is 1.84 bits per heavy atom. The summed E-state index contributed by atoms with van der Waals surface area (Å²) in [6.45, 7) is 19.5. The molecule has 2 aliphatic heterocycles. The van der Waals surface area contributed by atoms with E-state index in [2.05, 4.69) is 32.6 Å². The number of rotatable bonds is 9. The van der Waals surface area contributed by atoms with Crippen molar-refractivity contribution < 1.29 is 14.3 Å². The lowest BCUT2D eigenvalue weighted by Crippen LogP contribution is -2.36. The van der Waals surface area contributed by atoms with Crippen molar-refractivity contribution in [2.75, 3.05) is 32.7 Å². The zero-order valence-electron chi connectivity index (χ0n) is 22.0. The Morgan fingerprint density at radius 1 is 0.875 bits per heavy atom. The predicted molar refractivity (Wildman–Crippen MR) is 132 cm³/mol. The summed E-state index contributed by atoms with van der Waals surface area (Å²) in [5.41, 5.74) is 5.52. The third-order valence-corrected chi connectivity index (χ3v) is 5.82. The van der Waals surface area contributed by atoms with Crippen LogP contribution in [0.5, 0.6) is 0 Å². The van der Waals surface area contributed by atoms with Gasteiger partial charge >= 0.3 is 5.97 Å². The fourth-order valence-corrected chi connectivity index (χ4v) is 4.60. The van der Waals surface area contributed by atoms with Gasteiger partial charge < -0.3 is 20.3 Å². The van der Waals surface area contributed by atoms with Crippen LogP contribution >= 0.6 is 0 Å². The Kier molecular flexibility index (Phi) is 12.8. The van der Waals surface area contributed by atoms with Crippen molar-refractivity contribution in [3.8, 4) is 0 Å². The van der Waals surface area contributed by atoms with Crippen LogP contribution in [0.25, 0.3) is 0 Å². The van der Waals surface area contributed by atoms with Crippen molar-refractivity contribution in [2.45, 2.75) is 105 Å². The number of likely N-dealkylation sites (tertiary alicyclic amines) is 2. The number of amides is 1. The van der Waals surface area contributed by atoms with Gasteiger partial charge in [0.05, 0.1) is 6.42 Å². The first-order valence-corrected chi connectivity index (χ1v) is 12.9. The highest BCUT2D eigenvalue weighted by atomic mass is 16.6. The molecule has 0 unspecified atom stereocenters. The van der Waals surface area contributed by atoms with Gasteiger partial charge in [-0.3, -0.25) is 9.59 Å². The topological polar surface area (TPSA) is 75.9 Å². The van der Waals surface area contributed by atoms with Crippen molar-refractivity contribution in [3.63, 3.8) is 0 Å². The molecule has 2 heterocycles. The molecule has 2 atom stereocenters. The SMILES string of the molecule is CC(C)C[C@H](CC(=O)OC(C)(C)C)C(=O)N1CCCC1.CC(C)C[C@H](N)CN1CCCC1. The first-order chi connectivity index (χ1) is 14.9. The minimum atomic E-state index is -0.490. The number of nitrogens with zero attached hydrogens (tertiary/aromatic N) is 2. The van der Waals surface area contributed by atoms with Gasteiger partial charge in [-0.15, -0.1) is 0 Å². The maximum Gasteiger partial charge on any atom is 0.307 e. The maximum atomic E-state index is 12.5. The summed E-state index contributed by atoms with van der Waals surface area (Å²) in [5.74, 6) is 0.761. The first kappa shape index (κ1) is 28.9. The summed E-state index contributed by atoms with van der Waals surface area (Å²) in [7, 11) is 0. The molecule has 2 aliphatic rings. The van der Waals surface area contributed by atoms with Gasteiger partial charge in [0.15, 0.2) is 0 Å². The molecule has 6 heteroatoms. The van der Waals surface area contributed by atoms with E-state index in [0.29, 0.717) is 12.0 Å². The van der Waals surface area contributed by atoms with Gasteiger partial charge in [-0.25, -0.2) is 0 Å². The van der Waals surface area contributed by atoms with Crippen molar-refractivity contribution in [1.29, 1.82) is 0 Å². The molecule has 0 spiro atoms. The van der Waals surface area contributed by atoms with Crippen molar-refractivity contribution in [2.24, 2.45) is 23.5 Å². The predicted octanol–water partition coefficient (Wildman–Crippen LogP) is 4.46. The summed E-state index contributed by atoms with van der Waals surface area (Å²) in [6.07, 6.45) is 7.00. The highest BCUT2D eigenvalue weighted by molar-refractivity contribution is 5.84. The van der Waals surface area contributed by atoms with Gasteiger partial charge in [-0.05, 0) is 84.2 Å². The zero-order chi connectivity index (χ0) is 24.3. The van der Waals surface area contributed by atoms with E-state index in [1.54, 1.807) is 0 Å². The Labute approximate surface area is 197 Å². The van der Waals surface area contributed by atoms with Crippen LogP contribution < -0.4 is 5.73 Å². The van der Waals surface area contributed by atoms with Gasteiger partial charge in [0.25, 0.3) is 0 Å². The van der Waals surface area contributed by atoms with E-state index >= 15 is 0 Å². The number of carbonyl (C=O) groups is 2. The number of nitrogens with two attached hydrogens (primary N) is 1. The van der Waals surface area contributed by atoms with E-state index in [1.807, 2.05) is 25.7 Å². The molecular weight excluding hydrogens is 402 g/mol. The average molecular weight is 454 g/mol. The lowest BCUT2D eigenvalue weighted by Gasteiger charge is -2.26. The fourth-order valence-electron chi connectivity index (χ4n) is 4.60. The second-order valence-corrected chi connectivity index (χ2v) is 11.5. The smallest absolute Gasteiger partial charge is 0.307 e. The van der Waals surface area contributed by atoms with Crippen LogP contribution in [0.1, 0.15) is 93.4 Å². The number of hydrogen-bond acceptors (Lipinski definition) is 5. The zero-order valence-corrected chi connectivity index (χ0v) is 22.0. The van der Waals surface area contributed by atoms with E-state index in [9.17, 15) is 9.59 Å². The Morgan fingerprint density at radius 2 is 1.38 bits per heavy atom. The Bertz CT molecular complexity index is 545. The van der Waals surface area contributed by atoms with Crippen LogP contribution in [0.15, 0.2) is 0 Å². The first-order valence-electron chi connectivity index (χ1n) is 12.9. The largest absolute Gasteiger partial charge is 0.460 e. The maximum absolute atomic E-state index is 12.5. The summed E-state index contributed by atoms with van der Waals surface area (Å²) < 4.78 is 5.35. The molecule has 0 bridgehead atoms. The third kappa shape index (κ3) is 12.8. The lowest BCUT2D eigenvalue weighted by atomic mass is 9.92. The van der Waals surface area contributed by atoms with Gasteiger partial charge in [0.1, 0.15) is 5.60 Å². The third-order valence-electron chi connectivity index (χ3n) is 5.82. The molecule has 6 nitrogen and oxygen atoms in total. The van der Waals surface area contributed by atoms with E-state index < -0.39 is 5.60 Å². The average Bonchev–Trinajstić information content (AvgIpc) is 3.32. The molecular formula is C26H51N3O3. The van der Waals surface area contributed by atoms with Gasteiger partial charge in [-0.1, -0.05) is 27.7 Å². The molecule has 2 fully saturated rings. The number of esters is 1. The molecule has 2 N–H and O–H groups in total. The minimum Gasteiger partial charge on any atom is -0.460 e. The van der Waals surface area contributed by atoms with Gasteiger partial charge in [-0.2, -0.15) is 0 Å². The molecule has 0 aliphatic carbocycles. The second-order valence-electron chi connectivity index (χ2n) is 11.5. The molecule has 188 valence electrons. The van der Waals surface area contributed by atoms with Crippen LogP contribution in [0, 0.1) is 17.8 Å². The molecule has 0 aromatic heterocycles. The molecule has 2 rings (SSSR count). The molecule has 0 radical (unpaired) electrons. The van der Waals surface area contributed by atoms with Crippen LogP contribution in [-0.4, -0.2) is 66.0 Å². The summed E-state index contributed by atoms with van der Waals surface area (Å²) >= 11 is 0. The molecule has 0 aromatic rings. The van der Waals surface area contributed by atoms with Crippen molar-refractivity contribution >= 4 is 11.9 Å². The van der Waals surface area contributed by atoms with E-state index in [0.717, 1.165) is 51.2 Å². The summed E-state index contributed by atoms with van der Waals surface area (Å²) in [5, 5.41) is 0. The van der Waals surface area contributed by atoms with E-state index in [4.69, 9.17) is 10.5 Å². The molecule has 2 saturated heterocycles. The highest BCUT2D eigenvalue weighted by Gasteiger charge is 2.30. The quantitative estimate of drug-likeness (QED) is 0.522. The Balaban J connectivity index is 0.000000363. The standard InChI is InChI=1S/C16H29NO3.C10H22N2/c1-12(2)10-13(11-14(18)20-16(3,4)5)15(19)17-8-6-7-9-17;1-9(2)7-10(11)8-12-5-3-4-6-12/h12-13H,6-11H2,1-5H3;9-10H,3-8,11H2,1-2H3/t13-;10-/m10/s1. The fraction of sp³-hybridized carbons (Fsp3) is 0.923. The van der Waals surface area contributed by atoms with Crippen LogP contribution in [0.2, 0.25) is 0 Å². The summed E-state index contributed by atoms with van der Waals surface area (Å²) in [4.78, 5) is 28.9. The van der Waals surface area contributed by atoms with Crippen LogP contribution in [0.3, 0.4) is 0 Å². The van der Waals surface area contributed by atoms with Crippen molar-refractivity contribution in [3.05, 3.63) is 0 Å².